The lowest BCUT2D eigenvalue weighted by molar-refractivity contribution is 0.707. The van der Waals surface area contributed by atoms with Crippen LogP contribution in [0.5, 0.6) is 0 Å². The summed E-state index contributed by atoms with van der Waals surface area (Å²) >= 11 is 6.83. The highest BCUT2D eigenvalue weighted by molar-refractivity contribution is 9.11. The number of hydrogen-bond donors (Lipinski definition) is 1. The van der Waals surface area contributed by atoms with Gasteiger partial charge in [0.1, 0.15) is 0 Å². The third-order valence-electron chi connectivity index (χ3n) is 2.07. The average molecular weight is 303 g/mol. The number of nitrogens with zero attached hydrogens (tertiary/aromatic N) is 1. The number of aryl methyl sites for hydroxylation is 1. The van der Waals surface area contributed by atoms with E-state index in [-0.39, 0.29) is 6.04 Å². The molecule has 2 aromatic heterocycles. The van der Waals surface area contributed by atoms with Gasteiger partial charge in [-0.05, 0) is 35.0 Å². The largest absolute Gasteiger partial charge is 0.322 e. The highest BCUT2D eigenvalue weighted by atomic mass is 79.9. The minimum Gasteiger partial charge on any atom is -0.322 e. The van der Waals surface area contributed by atoms with Gasteiger partial charge in [0, 0.05) is 16.7 Å². The quantitative estimate of drug-likeness (QED) is 0.942. The Bertz CT molecular complexity index is 450. The van der Waals surface area contributed by atoms with Crippen molar-refractivity contribution in [2.24, 2.45) is 5.73 Å². The van der Waals surface area contributed by atoms with E-state index in [2.05, 4.69) is 33.0 Å². The van der Waals surface area contributed by atoms with E-state index in [0.717, 1.165) is 20.9 Å². The van der Waals surface area contributed by atoms with Crippen molar-refractivity contribution in [3.63, 3.8) is 0 Å². The molecule has 0 spiro atoms. The van der Waals surface area contributed by atoms with Crippen LogP contribution in [0.25, 0.3) is 0 Å². The lowest BCUT2D eigenvalue weighted by atomic mass is 10.1. The van der Waals surface area contributed by atoms with Crippen molar-refractivity contribution in [3.05, 3.63) is 36.9 Å². The first-order valence-corrected chi connectivity index (χ1v) is 7.06. The summed E-state index contributed by atoms with van der Waals surface area (Å²) < 4.78 is 1.15. The van der Waals surface area contributed by atoms with Gasteiger partial charge >= 0.3 is 0 Å². The van der Waals surface area contributed by atoms with Gasteiger partial charge in [0.2, 0.25) is 0 Å². The topological polar surface area (TPSA) is 38.9 Å². The first-order valence-electron chi connectivity index (χ1n) is 4.57. The Balaban J connectivity index is 2.06. The SMILES string of the molecule is Cc1nc(C(N)Cc2ccc(Br)s2)cs1. The third-order valence-corrected chi connectivity index (χ3v) is 4.50. The predicted molar refractivity (Wildman–Crippen MR) is 69.5 cm³/mol. The molecule has 2 N–H and O–H groups in total. The Morgan fingerprint density at radius 2 is 2.33 bits per heavy atom. The molecule has 0 saturated carbocycles. The van der Waals surface area contributed by atoms with Crippen LogP contribution in [0.4, 0.5) is 0 Å². The van der Waals surface area contributed by atoms with Gasteiger partial charge in [0.05, 0.1) is 20.5 Å². The molecule has 0 aliphatic heterocycles. The molecular weight excluding hydrogens is 292 g/mol. The van der Waals surface area contributed by atoms with Gasteiger partial charge in [-0.3, -0.25) is 0 Å². The van der Waals surface area contributed by atoms with Gasteiger partial charge in [-0.1, -0.05) is 0 Å². The van der Waals surface area contributed by atoms with Crippen molar-refractivity contribution < 1.29 is 0 Å². The second-order valence-corrected chi connectivity index (χ2v) is 6.92. The first-order chi connectivity index (χ1) is 7.15. The molecule has 80 valence electrons. The van der Waals surface area contributed by atoms with Crippen LogP contribution in [0, 0.1) is 6.92 Å². The van der Waals surface area contributed by atoms with Crippen LogP contribution in [0.2, 0.25) is 0 Å². The molecule has 0 saturated heterocycles. The molecule has 1 unspecified atom stereocenters. The molecule has 1 atom stereocenters. The van der Waals surface area contributed by atoms with Crippen LogP contribution in [-0.4, -0.2) is 4.98 Å². The summed E-state index contributed by atoms with van der Waals surface area (Å²) in [5, 5.41) is 3.12. The van der Waals surface area contributed by atoms with E-state index in [0.29, 0.717) is 0 Å². The summed E-state index contributed by atoms with van der Waals surface area (Å²) in [6.45, 7) is 2.00. The maximum Gasteiger partial charge on any atom is 0.0898 e. The Morgan fingerprint density at radius 1 is 1.53 bits per heavy atom. The summed E-state index contributed by atoms with van der Waals surface area (Å²) in [5.41, 5.74) is 7.09. The van der Waals surface area contributed by atoms with Crippen molar-refractivity contribution >= 4 is 38.6 Å². The fourth-order valence-electron chi connectivity index (χ4n) is 1.33. The first kappa shape index (κ1) is 11.3. The van der Waals surface area contributed by atoms with E-state index in [1.165, 1.54) is 4.88 Å². The normalized spacial score (nSPS) is 13.0. The fraction of sp³-hybridized carbons (Fsp3) is 0.300. The summed E-state index contributed by atoms with van der Waals surface area (Å²) in [5.74, 6) is 0. The van der Waals surface area contributed by atoms with E-state index in [9.17, 15) is 0 Å². The van der Waals surface area contributed by atoms with E-state index in [1.54, 1.807) is 22.7 Å². The molecular formula is C10H11BrN2S2. The molecule has 0 amide bonds. The number of thiazole rings is 1. The van der Waals surface area contributed by atoms with Crippen LogP contribution >= 0.6 is 38.6 Å². The van der Waals surface area contributed by atoms with Crippen molar-refractivity contribution in [3.8, 4) is 0 Å². The van der Waals surface area contributed by atoms with E-state index in [1.807, 2.05) is 12.3 Å². The fourth-order valence-corrected chi connectivity index (χ4v) is 3.55. The molecule has 2 nitrogen and oxygen atoms in total. The number of halogens is 1. The van der Waals surface area contributed by atoms with Crippen LogP contribution in [-0.2, 0) is 6.42 Å². The smallest absolute Gasteiger partial charge is 0.0898 e. The van der Waals surface area contributed by atoms with Gasteiger partial charge < -0.3 is 5.73 Å². The Kier molecular flexibility index (Phi) is 3.56. The maximum absolute atomic E-state index is 6.09. The zero-order chi connectivity index (χ0) is 10.8. The molecule has 0 bridgehead atoms. The summed E-state index contributed by atoms with van der Waals surface area (Å²) in [6, 6.07) is 4.17. The summed E-state index contributed by atoms with van der Waals surface area (Å²) in [7, 11) is 0. The summed E-state index contributed by atoms with van der Waals surface area (Å²) in [4.78, 5) is 5.69. The number of hydrogen-bond acceptors (Lipinski definition) is 4. The zero-order valence-electron chi connectivity index (χ0n) is 8.24. The highest BCUT2D eigenvalue weighted by Gasteiger charge is 2.11. The number of nitrogens with two attached hydrogens (primary N) is 1. The van der Waals surface area contributed by atoms with E-state index >= 15 is 0 Å². The molecule has 15 heavy (non-hydrogen) atoms. The van der Waals surface area contributed by atoms with Crippen molar-refractivity contribution in [2.75, 3.05) is 0 Å². The molecule has 2 aromatic rings. The monoisotopic (exact) mass is 302 g/mol. The number of rotatable bonds is 3. The molecule has 2 heterocycles. The van der Waals surface area contributed by atoms with Crippen LogP contribution in [0.1, 0.15) is 21.6 Å². The second kappa shape index (κ2) is 4.74. The van der Waals surface area contributed by atoms with E-state index in [4.69, 9.17) is 5.73 Å². The van der Waals surface area contributed by atoms with Gasteiger partial charge in [-0.15, -0.1) is 22.7 Å². The Hall–Kier alpha value is -0.230. The minimum atomic E-state index is 0.0144. The molecule has 0 fully saturated rings. The van der Waals surface area contributed by atoms with Gasteiger partial charge in [0.25, 0.3) is 0 Å². The number of aromatic nitrogens is 1. The summed E-state index contributed by atoms with van der Waals surface area (Å²) in [6.07, 6.45) is 0.861. The van der Waals surface area contributed by atoms with Crippen LogP contribution < -0.4 is 5.73 Å². The lowest BCUT2D eigenvalue weighted by Crippen LogP contribution is -2.13. The maximum atomic E-state index is 6.09. The molecule has 2 rings (SSSR count). The third kappa shape index (κ3) is 2.87. The second-order valence-electron chi connectivity index (χ2n) is 3.31. The van der Waals surface area contributed by atoms with Gasteiger partial charge in [-0.25, -0.2) is 4.98 Å². The van der Waals surface area contributed by atoms with Crippen molar-refractivity contribution in [1.29, 1.82) is 0 Å². The molecule has 0 aliphatic rings. The Morgan fingerprint density at radius 3 is 2.87 bits per heavy atom. The minimum absolute atomic E-state index is 0.0144. The average Bonchev–Trinajstić information content (AvgIpc) is 2.75. The van der Waals surface area contributed by atoms with Crippen molar-refractivity contribution in [1.82, 2.24) is 4.98 Å². The Labute approximate surface area is 105 Å². The predicted octanol–water partition coefficient (Wildman–Crippen LogP) is 3.52. The van der Waals surface area contributed by atoms with Crippen LogP contribution in [0.15, 0.2) is 21.3 Å². The zero-order valence-corrected chi connectivity index (χ0v) is 11.5. The standard InChI is InChI=1S/C10H11BrN2S2/c1-6-13-9(5-14-6)8(12)4-7-2-3-10(11)15-7/h2-3,5,8H,4,12H2,1H3. The van der Waals surface area contributed by atoms with E-state index < -0.39 is 0 Å². The lowest BCUT2D eigenvalue weighted by Gasteiger charge is -2.06. The van der Waals surface area contributed by atoms with Gasteiger partial charge in [0.15, 0.2) is 0 Å². The molecule has 5 heteroatoms. The highest BCUT2D eigenvalue weighted by Crippen LogP contribution is 2.26. The molecule has 0 aromatic carbocycles. The van der Waals surface area contributed by atoms with Gasteiger partial charge in [-0.2, -0.15) is 0 Å². The van der Waals surface area contributed by atoms with Crippen LogP contribution in [0.3, 0.4) is 0 Å². The molecule has 0 radical (unpaired) electrons. The molecule has 0 aliphatic carbocycles. The van der Waals surface area contributed by atoms with Crippen molar-refractivity contribution in [2.45, 2.75) is 19.4 Å². The number of thiophene rings is 1.